The van der Waals surface area contributed by atoms with Gasteiger partial charge < -0.3 is 28.8 Å². The van der Waals surface area contributed by atoms with Gasteiger partial charge in [0, 0.05) is 31.1 Å². The van der Waals surface area contributed by atoms with Crippen molar-refractivity contribution in [2.75, 3.05) is 44.1 Å². The Kier molecular flexibility index (Phi) is 7.26. The average Bonchev–Trinajstić information content (AvgIpc) is 3.69. The van der Waals surface area contributed by atoms with Gasteiger partial charge in [0.05, 0.1) is 44.3 Å². The van der Waals surface area contributed by atoms with Crippen molar-refractivity contribution < 1.29 is 36.6 Å². The minimum atomic E-state index is -4.98. The highest BCUT2D eigenvalue weighted by atomic mass is 32.1. The maximum atomic E-state index is 12.5. The number of anilines is 2. The molecule has 0 spiro atoms. The normalized spacial score (nSPS) is 15.7. The molecule has 1 fully saturated rings. The number of carbonyl (C=O) groups is 1. The fourth-order valence-electron chi connectivity index (χ4n) is 4.81. The molecule has 1 aliphatic rings. The van der Waals surface area contributed by atoms with Crippen LogP contribution in [0.25, 0.3) is 27.4 Å². The number of rotatable bonds is 8. The highest BCUT2D eigenvalue weighted by molar-refractivity contribution is 7.18. The number of aromatic nitrogens is 4. The van der Waals surface area contributed by atoms with Gasteiger partial charge >= 0.3 is 12.1 Å². The third-order valence-corrected chi connectivity index (χ3v) is 7.75. The van der Waals surface area contributed by atoms with E-state index < -0.39 is 12.1 Å². The molecule has 1 amide bonds. The Hall–Kier alpha value is -4.53. The third kappa shape index (κ3) is 5.64. The summed E-state index contributed by atoms with van der Waals surface area (Å²) in [5, 5.41) is 7.36. The molecule has 5 heterocycles. The summed E-state index contributed by atoms with van der Waals surface area (Å²) in [7, 11) is 3.13. The fraction of sp³-hybridized carbons (Fsp3) is 0.333. The van der Waals surface area contributed by atoms with Crippen molar-refractivity contribution in [3.63, 3.8) is 0 Å². The van der Waals surface area contributed by atoms with Crippen molar-refractivity contribution in [2.24, 2.45) is 5.92 Å². The van der Waals surface area contributed by atoms with E-state index in [1.165, 1.54) is 23.6 Å². The molecule has 1 unspecified atom stereocenters. The first kappa shape index (κ1) is 27.6. The van der Waals surface area contributed by atoms with E-state index in [1.54, 1.807) is 42.4 Å². The first-order chi connectivity index (χ1) is 20.2. The van der Waals surface area contributed by atoms with Gasteiger partial charge in [-0.1, -0.05) is 0 Å². The second kappa shape index (κ2) is 11.0. The Balaban J connectivity index is 1.15. The van der Waals surface area contributed by atoms with Crippen LogP contribution >= 0.6 is 11.3 Å². The minimum absolute atomic E-state index is 0.161. The van der Waals surface area contributed by atoms with Gasteiger partial charge in [0.2, 0.25) is 4.96 Å². The second-order valence-electron chi connectivity index (χ2n) is 9.69. The van der Waals surface area contributed by atoms with Gasteiger partial charge in [0.1, 0.15) is 28.6 Å². The van der Waals surface area contributed by atoms with Crippen molar-refractivity contribution in [1.29, 1.82) is 0 Å². The van der Waals surface area contributed by atoms with Crippen LogP contribution in [-0.2, 0) is 4.79 Å². The molecular weight excluding hydrogens is 577 g/mol. The Morgan fingerprint density at radius 1 is 1.21 bits per heavy atom. The molecule has 0 aliphatic carbocycles. The van der Waals surface area contributed by atoms with Crippen LogP contribution in [0.15, 0.2) is 47.1 Å². The summed E-state index contributed by atoms with van der Waals surface area (Å²) in [5.74, 6) is -0.279. The summed E-state index contributed by atoms with van der Waals surface area (Å²) in [6.07, 6.45) is 0.0935. The Bertz CT molecular complexity index is 1700. The molecule has 42 heavy (non-hydrogen) atoms. The number of benzene rings is 1. The topological polar surface area (TPSA) is 116 Å². The molecule has 1 aromatic carbocycles. The lowest BCUT2D eigenvalue weighted by Gasteiger charge is -2.34. The van der Waals surface area contributed by atoms with Crippen LogP contribution in [-0.4, -0.2) is 65.6 Å². The average molecular weight is 603 g/mol. The van der Waals surface area contributed by atoms with Crippen LogP contribution in [0.5, 0.6) is 16.7 Å². The van der Waals surface area contributed by atoms with Gasteiger partial charge in [-0.2, -0.15) is 13.2 Å². The molecule has 15 heteroatoms. The predicted molar refractivity (Wildman–Crippen MR) is 149 cm³/mol. The van der Waals surface area contributed by atoms with E-state index in [0.29, 0.717) is 51.8 Å². The molecule has 1 saturated heterocycles. The first-order valence-corrected chi connectivity index (χ1v) is 13.8. The number of carbonyl (C=O) groups excluding carboxylic acids is 1. The van der Waals surface area contributed by atoms with Crippen molar-refractivity contribution in [1.82, 2.24) is 19.6 Å². The van der Waals surface area contributed by atoms with E-state index in [0.717, 1.165) is 30.5 Å². The van der Waals surface area contributed by atoms with Crippen LogP contribution in [0.4, 0.5) is 24.7 Å². The standard InChI is InChI=1S/C27H25F3N6O5S/c1-38-17-8-20(18-10-22(41-21(18)9-17)19-13-36-25(32-19)42-26(34-36)39-2)40-14-15-4-3-7-35(12-15)16-5-6-23(31-11-16)33-24(37)27(28,29)30/h5-6,8-11,13,15H,3-4,7,12,14H2,1-2H3,(H,31,33,37). The van der Waals surface area contributed by atoms with E-state index in [4.69, 9.17) is 18.6 Å². The molecule has 1 N–H and O–H groups in total. The molecule has 6 rings (SSSR count). The first-order valence-electron chi connectivity index (χ1n) is 12.9. The maximum absolute atomic E-state index is 12.5. The van der Waals surface area contributed by atoms with Crippen LogP contribution in [0, 0.1) is 5.92 Å². The number of halogens is 3. The number of hydrogen-bond donors (Lipinski definition) is 1. The molecular formula is C27H25F3N6O5S. The number of fused-ring (bicyclic) bond motifs is 2. The molecule has 4 aromatic heterocycles. The molecule has 5 aromatic rings. The van der Waals surface area contributed by atoms with Gasteiger partial charge in [-0.05, 0) is 42.4 Å². The SMILES string of the molecule is COc1cc(OCC2CCCN(c3ccc(NC(=O)C(F)(F)F)nc3)C2)c2cc(-c3cn4nc(OC)sc4n3)oc2c1. The Morgan fingerprint density at radius 2 is 2.07 bits per heavy atom. The second-order valence-corrected chi connectivity index (χ2v) is 10.6. The third-order valence-electron chi connectivity index (χ3n) is 6.87. The van der Waals surface area contributed by atoms with Gasteiger partial charge in [-0.15, -0.1) is 5.10 Å². The fourth-order valence-corrected chi connectivity index (χ4v) is 5.51. The number of amides is 1. The smallest absolute Gasteiger partial charge is 0.471 e. The highest BCUT2D eigenvalue weighted by Gasteiger charge is 2.39. The maximum Gasteiger partial charge on any atom is 0.471 e. The Labute approximate surface area is 240 Å². The molecule has 0 radical (unpaired) electrons. The number of pyridine rings is 1. The molecule has 1 atom stereocenters. The zero-order valence-electron chi connectivity index (χ0n) is 22.5. The molecule has 220 valence electrons. The quantitative estimate of drug-likeness (QED) is 0.249. The Morgan fingerprint density at radius 3 is 2.79 bits per heavy atom. The van der Waals surface area contributed by atoms with E-state index in [2.05, 4.69) is 20.0 Å². The molecule has 11 nitrogen and oxygen atoms in total. The lowest BCUT2D eigenvalue weighted by atomic mass is 9.98. The number of nitrogens with zero attached hydrogens (tertiary/aromatic N) is 5. The number of ether oxygens (including phenoxy) is 3. The number of methoxy groups -OCH3 is 2. The largest absolute Gasteiger partial charge is 0.496 e. The van der Waals surface area contributed by atoms with Gasteiger partial charge in [-0.25, -0.2) is 14.5 Å². The summed E-state index contributed by atoms with van der Waals surface area (Å²) >= 11 is 1.32. The van der Waals surface area contributed by atoms with Crippen LogP contribution < -0.4 is 24.4 Å². The number of alkyl halides is 3. The summed E-state index contributed by atoms with van der Waals surface area (Å²) in [5.41, 5.74) is 1.97. The summed E-state index contributed by atoms with van der Waals surface area (Å²) in [6.45, 7) is 1.86. The monoisotopic (exact) mass is 602 g/mol. The van der Waals surface area contributed by atoms with Crippen molar-refractivity contribution in [3.8, 4) is 28.1 Å². The summed E-state index contributed by atoms with van der Waals surface area (Å²) in [6, 6.07) is 8.50. The van der Waals surface area contributed by atoms with Gasteiger partial charge in [-0.3, -0.25) is 4.79 Å². The number of nitrogens with one attached hydrogen (secondary N) is 1. The molecule has 1 aliphatic heterocycles. The number of piperidine rings is 1. The van der Waals surface area contributed by atoms with Crippen LogP contribution in [0.2, 0.25) is 0 Å². The van der Waals surface area contributed by atoms with Crippen molar-refractivity contribution in [2.45, 2.75) is 19.0 Å². The van der Waals surface area contributed by atoms with Crippen LogP contribution in [0.3, 0.4) is 0 Å². The predicted octanol–water partition coefficient (Wildman–Crippen LogP) is 5.41. The number of imidazole rings is 1. The lowest BCUT2D eigenvalue weighted by molar-refractivity contribution is -0.167. The van der Waals surface area contributed by atoms with E-state index in [-0.39, 0.29) is 11.7 Å². The zero-order chi connectivity index (χ0) is 29.4. The van der Waals surface area contributed by atoms with E-state index >= 15 is 0 Å². The zero-order valence-corrected chi connectivity index (χ0v) is 23.3. The number of hydrogen-bond acceptors (Lipinski definition) is 10. The number of furan rings is 1. The summed E-state index contributed by atoms with van der Waals surface area (Å²) < 4.78 is 62.3. The summed E-state index contributed by atoms with van der Waals surface area (Å²) in [4.78, 5) is 22.5. The van der Waals surface area contributed by atoms with E-state index in [9.17, 15) is 18.0 Å². The highest BCUT2D eigenvalue weighted by Crippen LogP contribution is 2.38. The minimum Gasteiger partial charge on any atom is -0.496 e. The van der Waals surface area contributed by atoms with E-state index in [1.807, 2.05) is 12.1 Å². The molecule has 0 bridgehead atoms. The molecule has 0 saturated carbocycles. The van der Waals surface area contributed by atoms with Crippen LogP contribution in [0.1, 0.15) is 12.8 Å². The van der Waals surface area contributed by atoms with Gasteiger partial charge in [0.15, 0.2) is 5.76 Å². The van der Waals surface area contributed by atoms with Crippen molar-refractivity contribution >= 4 is 44.7 Å². The lowest BCUT2D eigenvalue weighted by Crippen LogP contribution is -2.37. The van der Waals surface area contributed by atoms with Gasteiger partial charge in [0.25, 0.3) is 5.19 Å². The van der Waals surface area contributed by atoms with Crippen molar-refractivity contribution in [3.05, 3.63) is 42.7 Å².